The quantitative estimate of drug-likeness (QED) is 0.443. The Bertz CT molecular complexity index is 944. The molecule has 1 saturated heterocycles. The van der Waals surface area contributed by atoms with E-state index in [0.29, 0.717) is 15.3 Å². The van der Waals surface area contributed by atoms with Crippen molar-refractivity contribution >= 4 is 40.9 Å². The number of hydrogen-bond donors (Lipinski definition) is 0. The van der Waals surface area contributed by atoms with E-state index >= 15 is 0 Å². The Morgan fingerprint density at radius 1 is 0.969 bits per heavy atom. The molecular formula is C26H31Cl2NO2S. The number of benzene rings is 2. The van der Waals surface area contributed by atoms with E-state index < -0.39 is 0 Å². The molecule has 2 fully saturated rings. The van der Waals surface area contributed by atoms with Gasteiger partial charge in [0.1, 0.15) is 12.7 Å². The molecule has 1 aliphatic heterocycles. The van der Waals surface area contributed by atoms with Gasteiger partial charge < -0.3 is 9.64 Å². The molecule has 172 valence electrons. The van der Waals surface area contributed by atoms with Crippen LogP contribution in [0.25, 0.3) is 0 Å². The molecule has 0 N–H and O–H groups in total. The van der Waals surface area contributed by atoms with E-state index in [-0.39, 0.29) is 35.4 Å². The standard InChI is InChI=1S/C26H31Cl2NO2S/c1-26(2,3)32-22-10-5-4-9-21(22)29-23(30)16-31-25(18-7-6-8-20(28)15-18)24(29)17-11-13-19(27)14-12-17/h6-8,11-15,21-22,24-25H,4-5,9-10,16H2,1-3H3/t21-,22-,24-,25-/m1/s1. The summed E-state index contributed by atoms with van der Waals surface area (Å²) in [6, 6.07) is 15.6. The molecule has 1 heterocycles. The van der Waals surface area contributed by atoms with Crippen LogP contribution in [0.15, 0.2) is 48.5 Å². The van der Waals surface area contributed by atoms with Crippen LogP contribution in [-0.4, -0.2) is 33.5 Å². The highest BCUT2D eigenvalue weighted by atomic mass is 35.5. The molecule has 1 saturated carbocycles. The molecular weight excluding hydrogens is 461 g/mol. The minimum atomic E-state index is -0.283. The molecule has 32 heavy (non-hydrogen) atoms. The second kappa shape index (κ2) is 9.97. The van der Waals surface area contributed by atoms with E-state index in [4.69, 9.17) is 27.9 Å². The van der Waals surface area contributed by atoms with E-state index in [1.807, 2.05) is 60.3 Å². The van der Waals surface area contributed by atoms with E-state index in [1.165, 1.54) is 6.42 Å². The van der Waals surface area contributed by atoms with Gasteiger partial charge in [-0.15, -0.1) is 0 Å². The lowest BCUT2D eigenvalue weighted by molar-refractivity contribution is -0.164. The fourth-order valence-electron chi connectivity index (χ4n) is 4.96. The molecule has 0 bridgehead atoms. The van der Waals surface area contributed by atoms with Gasteiger partial charge in [-0.05, 0) is 48.2 Å². The number of thioether (sulfide) groups is 1. The summed E-state index contributed by atoms with van der Waals surface area (Å²) in [5.41, 5.74) is 2.03. The SMILES string of the molecule is CC(C)(C)S[C@@H]1CCCC[C@H]1N1C(=O)CO[C@H](c2cccc(Cl)c2)[C@H]1c1ccc(Cl)cc1. The number of rotatable bonds is 4. The molecule has 0 spiro atoms. The van der Waals surface area contributed by atoms with E-state index in [0.717, 1.165) is 30.4 Å². The number of amides is 1. The minimum absolute atomic E-state index is 0.0645. The summed E-state index contributed by atoms with van der Waals surface area (Å²) in [5.74, 6) is 0.0645. The zero-order valence-corrected chi connectivity index (χ0v) is 21.2. The van der Waals surface area contributed by atoms with Crippen molar-refractivity contribution < 1.29 is 9.53 Å². The van der Waals surface area contributed by atoms with Crippen LogP contribution < -0.4 is 0 Å². The lowest BCUT2D eigenvalue weighted by Crippen LogP contribution is -2.55. The third-order valence-corrected chi connectivity index (χ3v) is 8.23. The van der Waals surface area contributed by atoms with Crippen molar-refractivity contribution in [3.8, 4) is 0 Å². The molecule has 6 heteroatoms. The van der Waals surface area contributed by atoms with Crippen LogP contribution in [0.2, 0.25) is 10.0 Å². The highest BCUT2D eigenvalue weighted by Gasteiger charge is 2.45. The lowest BCUT2D eigenvalue weighted by Gasteiger charge is -2.49. The Kier molecular flexibility index (Phi) is 7.46. The topological polar surface area (TPSA) is 29.5 Å². The number of nitrogens with zero attached hydrogens (tertiary/aromatic N) is 1. The van der Waals surface area contributed by atoms with Crippen molar-refractivity contribution in [1.29, 1.82) is 0 Å². The molecule has 0 unspecified atom stereocenters. The number of carbonyl (C=O) groups is 1. The first-order chi connectivity index (χ1) is 15.2. The summed E-state index contributed by atoms with van der Waals surface area (Å²) in [5, 5.41) is 1.75. The Balaban J connectivity index is 1.78. The van der Waals surface area contributed by atoms with E-state index in [2.05, 4.69) is 25.7 Å². The monoisotopic (exact) mass is 491 g/mol. The number of ether oxygens (including phenoxy) is 1. The van der Waals surface area contributed by atoms with Gasteiger partial charge in [0, 0.05) is 26.1 Å². The third kappa shape index (κ3) is 5.47. The van der Waals surface area contributed by atoms with E-state index in [9.17, 15) is 4.79 Å². The fourth-order valence-corrected chi connectivity index (χ4v) is 6.91. The van der Waals surface area contributed by atoms with Crippen LogP contribution in [0.5, 0.6) is 0 Å². The molecule has 0 radical (unpaired) electrons. The third-order valence-electron chi connectivity index (χ3n) is 6.18. The first kappa shape index (κ1) is 23.9. The largest absolute Gasteiger partial charge is 0.361 e. The number of morpholine rings is 1. The van der Waals surface area contributed by atoms with Crippen LogP contribution in [0.1, 0.15) is 69.7 Å². The predicted molar refractivity (Wildman–Crippen MR) is 135 cm³/mol. The predicted octanol–water partition coefficient (Wildman–Crippen LogP) is 7.48. The maximum atomic E-state index is 13.4. The molecule has 2 aliphatic rings. The lowest BCUT2D eigenvalue weighted by atomic mass is 9.87. The summed E-state index contributed by atoms with van der Waals surface area (Å²) >= 11 is 14.5. The Hall–Kier alpha value is -1.20. The molecule has 4 rings (SSSR count). The van der Waals surface area contributed by atoms with Crippen molar-refractivity contribution in [2.45, 2.75) is 74.6 Å². The highest BCUT2D eigenvalue weighted by molar-refractivity contribution is 8.01. The van der Waals surface area contributed by atoms with Crippen LogP contribution in [0.4, 0.5) is 0 Å². The van der Waals surface area contributed by atoms with Gasteiger partial charge in [-0.3, -0.25) is 4.79 Å². The molecule has 1 aliphatic carbocycles. The molecule has 2 aromatic carbocycles. The van der Waals surface area contributed by atoms with Crippen molar-refractivity contribution in [1.82, 2.24) is 4.90 Å². The number of halogens is 2. The fraction of sp³-hybridized carbons (Fsp3) is 0.500. The molecule has 3 nitrogen and oxygen atoms in total. The maximum absolute atomic E-state index is 13.4. The van der Waals surface area contributed by atoms with Crippen molar-refractivity contribution in [2.24, 2.45) is 0 Å². The van der Waals surface area contributed by atoms with Crippen molar-refractivity contribution in [3.05, 3.63) is 69.7 Å². The van der Waals surface area contributed by atoms with Gasteiger partial charge >= 0.3 is 0 Å². The Morgan fingerprint density at radius 3 is 2.38 bits per heavy atom. The van der Waals surface area contributed by atoms with Gasteiger partial charge in [0.25, 0.3) is 0 Å². The zero-order chi connectivity index (χ0) is 22.9. The summed E-state index contributed by atoms with van der Waals surface area (Å²) in [6.45, 7) is 6.87. The van der Waals surface area contributed by atoms with Crippen molar-refractivity contribution in [2.75, 3.05) is 6.61 Å². The second-order valence-electron chi connectivity index (χ2n) is 9.70. The van der Waals surface area contributed by atoms with Crippen LogP contribution >= 0.6 is 35.0 Å². The summed E-state index contributed by atoms with van der Waals surface area (Å²) < 4.78 is 6.33. The van der Waals surface area contributed by atoms with Gasteiger partial charge in [0.15, 0.2) is 0 Å². The highest BCUT2D eigenvalue weighted by Crippen LogP contribution is 2.47. The summed E-state index contributed by atoms with van der Waals surface area (Å²) in [4.78, 5) is 15.6. The molecule has 4 atom stereocenters. The molecule has 1 amide bonds. The van der Waals surface area contributed by atoms with Gasteiger partial charge in [-0.25, -0.2) is 0 Å². The molecule has 2 aromatic rings. The zero-order valence-electron chi connectivity index (χ0n) is 18.9. The van der Waals surface area contributed by atoms with Crippen LogP contribution in [0.3, 0.4) is 0 Å². The smallest absolute Gasteiger partial charge is 0.249 e. The average Bonchev–Trinajstić information content (AvgIpc) is 2.74. The Morgan fingerprint density at radius 2 is 1.69 bits per heavy atom. The first-order valence-electron chi connectivity index (χ1n) is 11.3. The van der Waals surface area contributed by atoms with Gasteiger partial charge in [-0.1, -0.05) is 81.1 Å². The minimum Gasteiger partial charge on any atom is -0.361 e. The van der Waals surface area contributed by atoms with Crippen LogP contribution in [-0.2, 0) is 9.53 Å². The molecule has 0 aromatic heterocycles. The number of carbonyl (C=O) groups excluding carboxylic acids is 1. The Labute approximate surface area is 205 Å². The van der Waals surface area contributed by atoms with Gasteiger partial charge in [-0.2, -0.15) is 11.8 Å². The van der Waals surface area contributed by atoms with Crippen molar-refractivity contribution in [3.63, 3.8) is 0 Å². The number of hydrogen-bond acceptors (Lipinski definition) is 3. The van der Waals surface area contributed by atoms with Gasteiger partial charge in [0.05, 0.1) is 6.04 Å². The van der Waals surface area contributed by atoms with Crippen LogP contribution in [0, 0.1) is 0 Å². The van der Waals surface area contributed by atoms with E-state index in [1.54, 1.807) is 0 Å². The summed E-state index contributed by atoms with van der Waals surface area (Å²) in [7, 11) is 0. The second-order valence-corrected chi connectivity index (χ2v) is 12.6. The normalized spacial score (nSPS) is 26.9. The maximum Gasteiger partial charge on any atom is 0.249 e. The van der Waals surface area contributed by atoms with Gasteiger partial charge in [0.2, 0.25) is 5.91 Å². The first-order valence-corrected chi connectivity index (χ1v) is 13.0. The average molecular weight is 493 g/mol. The summed E-state index contributed by atoms with van der Waals surface area (Å²) in [6.07, 6.45) is 4.23.